The van der Waals surface area contributed by atoms with Gasteiger partial charge in [0.1, 0.15) is 0 Å². The Morgan fingerprint density at radius 1 is 1.00 bits per heavy atom. The number of nitrogens with one attached hydrogen (secondary N) is 1. The molecule has 0 spiro atoms. The Kier molecular flexibility index (Phi) is 7.92. The van der Waals surface area contributed by atoms with Crippen molar-refractivity contribution in [2.75, 3.05) is 19.6 Å². The van der Waals surface area contributed by atoms with E-state index in [2.05, 4.69) is 37.9 Å². The maximum absolute atomic E-state index is 3.80. The van der Waals surface area contributed by atoms with Gasteiger partial charge in [-0.3, -0.25) is 4.90 Å². The van der Waals surface area contributed by atoms with Crippen LogP contribution >= 0.6 is 0 Å². The second-order valence-electron chi connectivity index (χ2n) is 6.08. The number of rotatable bonds is 8. The first-order valence-electron chi connectivity index (χ1n) is 8.20. The standard InChI is InChI=1S/C16H34N2/c1-5-10-17-15-9-8-14(4)13-16(15)18(11-6-2)12-7-3/h14-17H,5-13H2,1-4H3. The highest BCUT2D eigenvalue weighted by molar-refractivity contribution is 4.90. The molecule has 3 atom stereocenters. The second kappa shape index (κ2) is 8.92. The summed E-state index contributed by atoms with van der Waals surface area (Å²) < 4.78 is 0. The van der Waals surface area contributed by atoms with E-state index in [1.165, 1.54) is 58.2 Å². The minimum Gasteiger partial charge on any atom is -0.312 e. The van der Waals surface area contributed by atoms with Gasteiger partial charge in [-0.25, -0.2) is 0 Å². The summed E-state index contributed by atoms with van der Waals surface area (Å²) in [6.07, 6.45) is 7.98. The lowest BCUT2D eigenvalue weighted by Gasteiger charge is -2.42. The summed E-state index contributed by atoms with van der Waals surface area (Å²) in [4.78, 5) is 2.75. The van der Waals surface area contributed by atoms with Gasteiger partial charge in [-0.05, 0) is 64.1 Å². The molecule has 0 heterocycles. The predicted octanol–water partition coefficient (Wildman–Crippen LogP) is 3.67. The van der Waals surface area contributed by atoms with E-state index in [1.54, 1.807) is 0 Å². The van der Waals surface area contributed by atoms with Crippen molar-refractivity contribution in [3.8, 4) is 0 Å². The third kappa shape index (κ3) is 4.89. The van der Waals surface area contributed by atoms with Gasteiger partial charge < -0.3 is 5.32 Å². The van der Waals surface area contributed by atoms with Crippen LogP contribution in [0.3, 0.4) is 0 Å². The van der Waals surface area contributed by atoms with Gasteiger partial charge in [0.2, 0.25) is 0 Å². The summed E-state index contributed by atoms with van der Waals surface area (Å²) >= 11 is 0. The fourth-order valence-electron chi connectivity index (χ4n) is 3.34. The molecule has 1 saturated carbocycles. The van der Waals surface area contributed by atoms with Gasteiger partial charge in [0.25, 0.3) is 0 Å². The Balaban J connectivity index is 2.61. The Bertz CT molecular complexity index is 197. The molecule has 0 radical (unpaired) electrons. The zero-order valence-electron chi connectivity index (χ0n) is 13.0. The molecule has 0 amide bonds. The van der Waals surface area contributed by atoms with Crippen LogP contribution in [0.5, 0.6) is 0 Å². The lowest BCUT2D eigenvalue weighted by Crippen LogP contribution is -2.53. The minimum atomic E-state index is 0.735. The quantitative estimate of drug-likeness (QED) is 0.711. The fourth-order valence-corrected chi connectivity index (χ4v) is 3.34. The molecule has 108 valence electrons. The molecule has 3 unspecified atom stereocenters. The lowest BCUT2D eigenvalue weighted by atomic mass is 9.82. The monoisotopic (exact) mass is 254 g/mol. The molecule has 0 aromatic rings. The van der Waals surface area contributed by atoms with E-state index in [9.17, 15) is 0 Å². The average Bonchev–Trinajstić information content (AvgIpc) is 2.37. The summed E-state index contributed by atoms with van der Waals surface area (Å²) in [5, 5.41) is 3.80. The number of hydrogen-bond donors (Lipinski definition) is 1. The van der Waals surface area contributed by atoms with Crippen LogP contribution in [-0.2, 0) is 0 Å². The lowest BCUT2D eigenvalue weighted by molar-refractivity contribution is 0.101. The number of nitrogens with zero attached hydrogens (tertiary/aromatic N) is 1. The van der Waals surface area contributed by atoms with Crippen LogP contribution in [0.15, 0.2) is 0 Å². The van der Waals surface area contributed by atoms with E-state index < -0.39 is 0 Å². The van der Waals surface area contributed by atoms with Crippen LogP contribution in [0.1, 0.15) is 66.2 Å². The van der Waals surface area contributed by atoms with Crippen LogP contribution in [-0.4, -0.2) is 36.6 Å². The predicted molar refractivity (Wildman–Crippen MR) is 81.0 cm³/mol. The molecule has 0 aromatic carbocycles. The van der Waals surface area contributed by atoms with E-state index in [4.69, 9.17) is 0 Å². The molecule has 2 nitrogen and oxygen atoms in total. The van der Waals surface area contributed by atoms with Gasteiger partial charge in [-0.15, -0.1) is 0 Å². The van der Waals surface area contributed by atoms with Gasteiger partial charge in [0, 0.05) is 12.1 Å². The zero-order chi connectivity index (χ0) is 13.4. The molecule has 1 N–H and O–H groups in total. The van der Waals surface area contributed by atoms with Crippen molar-refractivity contribution >= 4 is 0 Å². The van der Waals surface area contributed by atoms with Gasteiger partial charge in [0.05, 0.1) is 0 Å². The molecular weight excluding hydrogens is 220 g/mol. The van der Waals surface area contributed by atoms with Crippen molar-refractivity contribution in [1.82, 2.24) is 10.2 Å². The van der Waals surface area contributed by atoms with Gasteiger partial charge in [-0.2, -0.15) is 0 Å². The highest BCUT2D eigenvalue weighted by atomic mass is 15.2. The largest absolute Gasteiger partial charge is 0.312 e. The average molecular weight is 254 g/mol. The molecule has 1 aliphatic rings. The van der Waals surface area contributed by atoms with E-state index in [0.29, 0.717) is 0 Å². The minimum absolute atomic E-state index is 0.735. The van der Waals surface area contributed by atoms with Crippen molar-refractivity contribution < 1.29 is 0 Å². The van der Waals surface area contributed by atoms with Gasteiger partial charge in [0.15, 0.2) is 0 Å². The zero-order valence-corrected chi connectivity index (χ0v) is 13.0. The molecule has 0 aliphatic heterocycles. The second-order valence-corrected chi connectivity index (χ2v) is 6.08. The van der Waals surface area contributed by atoms with Crippen molar-refractivity contribution in [2.24, 2.45) is 5.92 Å². The first-order valence-corrected chi connectivity index (χ1v) is 8.20. The molecule has 0 aromatic heterocycles. The number of hydrogen-bond acceptors (Lipinski definition) is 2. The summed E-state index contributed by atoms with van der Waals surface area (Å²) in [5.41, 5.74) is 0. The molecule has 1 fully saturated rings. The molecule has 1 aliphatic carbocycles. The van der Waals surface area contributed by atoms with Crippen LogP contribution in [0.2, 0.25) is 0 Å². The maximum atomic E-state index is 3.80. The molecule has 1 rings (SSSR count). The first kappa shape index (κ1) is 16.0. The molecular formula is C16H34N2. The van der Waals surface area contributed by atoms with Crippen molar-refractivity contribution in [1.29, 1.82) is 0 Å². The maximum Gasteiger partial charge on any atom is 0.0251 e. The van der Waals surface area contributed by atoms with Crippen LogP contribution in [0.4, 0.5) is 0 Å². The van der Waals surface area contributed by atoms with Crippen molar-refractivity contribution in [3.63, 3.8) is 0 Å². The molecule has 0 bridgehead atoms. The Morgan fingerprint density at radius 3 is 2.22 bits per heavy atom. The Hall–Kier alpha value is -0.0800. The Morgan fingerprint density at radius 2 is 1.67 bits per heavy atom. The van der Waals surface area contributed by atoms with Crippen LogP contribution in [0.25, 0.3) is 0 Å². The summed E-state index contributed by atoms with van der Waals surface area (Å²) in [6, 6.07) is 1.51. The molecule has 18 heavy (non-hydrogen) atoms. The highest BCUT2D eigenvalue weighted by Crippen LogP contribution is 2.28. The summed E-state index contributed by atoms with van der Waals surface area (Å²) in [7, 11) is 0. The Labute approximate surface area is 115 Å². The van der Waals surface area contributed by atoms with Gasteiger partial charge in [-0.1, -0.05) is 27.7 Å². The third-order valence-electron chi connectivity index (χ3n) is 4.23. The van der Waals surface area contributed by atoms with E-state index >= 15 is 0 Å². The van der Waals surface area contributed by atoms with Crippen LogP contribution in [0, 0.1) is 5.92 Å². The van der Waals surface area contributed by atoms with E-state index in [-0.39, 0.29) is 0 Å². The van der Waals surface area contributed by atoms with Crippen molar-refractivity contribution in [3.05, 3.63) is 0 Å². The van der Waals surface area contributed by atoms with E-state index in [1.807, 2.05) is 0 Å². The third-order valence-corrected chi connectivity index (χ3v) is 4.23. The first-order chi connectivity index (χ1) is 8.72. The topological polar surface area (TPSA) is 15.3 Å². The van der Waals surface area contributed by atoms with Crippen molar-refractivity contribution in [2.45, 2.75) is 78.3 Å². The SMILES string of the molecule is CCCNC1CCC(C)CC1N(CCC)CCC. The van der Waals surface area contributed by atoms with E-state index in [0.717, 1.165) is 18.0 Å². The molecule has 2 heteroatoms. The molecule has 0 saturated heterocycles. The normalized spacial score (nSPS) is 28.8. The van der Waals surface area contributed by atoms with Crippen LogP contribution < -0.4 is 5.32 Å². The fraction of sp³-hybridized carbons (Fsp3) is 1.00. The van der Waals surface area contributed by atoms with Gasteiger partial charge >= 0.3 is 0 Å². The summed E-state index contributed by atoms with van der Waals surface area (Å²) in [6.45, 7) is 13.0. The smallest absolute Gasteiger partial charge is 0.0251 e. The summed E-state index contributed by atoms with van der Waals surface area (Å²) in [5.74, 6) is 0.908. The highest BCUT2D eigenvalue weighted by Gasteiger charge is 2.31.